The van der Waals surface area contributed by atoms with Gasteiger partial charge in [0.25, 0.3) is 5.56 Å². The molecule has 7 nitrogen and oxygen atoms in total. The molecule has 1 aromatic rings. The second-order valence-electron chi connectivity index (χ2n) is 5.98. The molecule has 3 N–H and O–H groups in total. The number of hydrogen-bond donors (Lipinski definition) is 3. The summed E-state index contributed by atoms with van der Waals surface area (Å²) in [5.74, 6) is -0.726. The first-order valence-corrected chi connectivity index (χ1v) is 6.90. The molecule has 134 valence electrons. The van der Waals surface area contributed by atoms with E-state index in [9.17, 15) is 27.6 Å². The lowest BCUT2D eigenvalue weighted by molar-refractivity contribution is -0.156. The summed E-state index contributed by atoms with van der Waals surface area (Å²) in [6.45, 7) is 6.25. The van der Waals surface area contributed by atoms with E-state index in [1.807, 2.05) is 10.3 Å². The van der Waals surface area contributed by atoms with Crippen molar-refractivity contribution in [2.24, 2.45) is 0 Å². The van der Waals surface area contributed by atoms with Crippen LogP contribution in [0.5, 0.6) is 0 Å². The highest BCUT2D eigenvalue weighted by Crippen LogP contribution is 2.29. The fourth-order valence-corrected chi connectivity index (χ4v) is 1.54. The van der Waals surface area contributed by atoms with Gasteiger partial charge in [-0.3, -0.25) is 4.79 Å². The summed E-state index contributed by atoms with van der Waals surface area (Å²) in [4.78, 5) is 36.8. The van der Waals surface area contributed by atoms with E-state index < -0.39 is 46.6 Å². The van der Waals surface area contributed by atoms with E-state index in [0.717, 1.165) is 0 Å². The first-order chi connectivity index (χ1) is 10.8. The van der Waals surface area contributed by atoms with Gasteiger partial charge in [-0.15, -0.1) is 0 Å². The van der Waals surface area contributed by atoms with Crippen LogP contribution in [-0.2, 0) is 15.7 Å². The fourth-order valence-electron chi connectivity index (χ4n) is 1.54. The van der Waals surface area contributed by atoms with Gasteiger partial charge in [0.05, 0.1) is 5.56 Å². The zero-order valence-corrected chi connectivity index (χ0v) is 13.5. The molecule has 1 heterocycles. The van der Waals surface area contributed by atoms with E-state index in [1.165, 1.54) is 6.92 Å². The molecule has 24 heavy (non-hydrogen) atoms. The molecule has 0 spiro atoms. The SMILES string of the molecule is CC(NC(=O)Nc1cc(C(F)(F)F)c[nH]c1=O)C(=O)OC(C)(C)C. The van der Waals surface area contributed by atoms with Crippen molar-refractivity contribution in [3.63, 3.8) is 0 Å². The van der Waals surface area contributed by atoms with Gasteiger partial charge in [-0.25, -0.2) is 9.59 Å². The number of ether oxygens (including phenoxy) is 1. The number of rotatable bonds is 3. The minimum absolute atomic E-state index is 0.495. The van der Waals surface area contributed by atoms with Crippen molar-refractivity contribution >= 4 is 17.7 Å². The van der Waals surface area contributed by atoms with Gasteiger partial charge in [0, 0.05) is 6.20 Å². The number of anilines is 1. The highest BCUT2D eigenvalue weighted by Gasteiger charge is 2.31. The number of H-pyrrole nitrogens is 1. The topological polar surface area (TPSA) is 100 Å². The van der Waals surface area contributed by atoms with E-state index in [2.05, 4.69) is 5.32 Å². The normalized spacial score (nSPS) is 13.1. The summed E-state index contributed by atoms with van der Waals surface area (Å²) in [6, 6.07) is -1.58. The summed E-state index contributed by atoms with van der Waals surface area (Å²) in [6.07, 6.45) is -4.18. The van der Waals surface area contributed by atoms with Gasteiger partial charge < -0.3 is 20.4 Å². The Bertz CT molecular complexity index is 677. The Morgan fingerprint density at radius 1 is 1.25 bits per heavy atom. The predicted molar refractivity (Wildman–Crippen MR) is 79.5 cm³/mol. The van der Waals surface area contributed by atoms with Crippen LogP contribution in [0.25, 0.3) is 0 Å². The standard InChI is InChI=1S/C14H18F3N3O4/c1-7(11(22)24-13(2,3)4)19-12(23)20-9-5-8(14(15,16)17)6-18-10(9)21/h5-7H,1-4H3,(H,18,21)(H2,19,20,23). The van der Waals surface area contributed by atoms with E-state index >= 15 is 0 Å². The molecular weight excluding hydrogens is 331 g/mol. The van der Waals surface area contributed by atoms with Crippen molar-refractivity contribution in [3.05, 3.63) is 28.2 Å². The van der Waals surface area contributed by atoms with Crippen molar-refractivity contribution in [1.82, 2.24) is 10.3 Å². The fraction of sp³-hybridized carbons (Fsp3) is 0.500. The third-order valence-electron chi connectivity index (χ3n) is 2.59. The molecule has 0 fully saturated rings. The molecule has 0 aliphatic heterocycles. The van der Waals surface area contributed by atoms with Crippen molar-refractivity contribution < 1.29 is 27.5 Å². The number of esters is 1. The number of pyridine rings is 1. The molecule has 2 amide bonds. The molecule has 1 aromatic heterocycles. The van der Waals surface area contributed by atoms with Crippen LogP contribution in [-0.4, -0.2) is 28.6 Å². The van der Waals surface area contributed by atoms with Crippen LogP contribution in [0.1, 0.15) is 33.3 Å². The average Bonchev–Trinajstić information content (AvgIpc) is 2.37. The molecule has 0 aliphatic rings. The molecule has 10 heteroatoms. The summed E-state index contributed by atoms with van der Waals surface area (Å²) < 4.78 is 42.8. The monoisotopic (exact) mass is 349 g/mol. The van der Waals surface area contributed by atoms with Crippen LogP contribution >= 0.6 is 0 Å². The number of aromatic nitrogens is 1. The smallest absolute Gasteiger partial charge is 0.417 e. The second-order valence-corrected chi connectivity index (χ2v) is 5.98. The van der Waals surface area contributed by atoms with Crippen molar-refractivity contribution in [3.8, 4) is 0 Å². The summed E-state index contributed by atoms with van der Waals surface area (Å²) in [7, 11) is 0. The highest BCUT2D eigenvalue weighted by atomic mass is 19.4. The molecule has 0 aliphatic carbocycles. The number of carbonyl (C=O) groups is 2. The van der Waals surface area contributed by atoms with Crippen molar-refractivity contribution in [1.29, 1.82) is 0 Å². The lowest BCUT2D eigenvalue weighted by Gasteiger charge is -2.22. The molecular formula is C14H18F3N3O4. The largest absolute Gasteiger partial charge is 0.458 e. The maximum Gasteiger partial charge on any atom is 0.417 e. The molecule has 0 bridgehead atoms. The van der Waals surface area contributed by atoms with Crippen LogP contribution in [0.2, 0.25) is 0 Å². The number of hydrogen-bond acceptors (Lipinski definition) is 4. The second kappa shape index (κ2) is 6.93. The maximum absolute atomic E-state index is 12.6. The summed E-state index contributed by atoms with van der Waals surface area (Å²) in [5.41, 5.74) is -3.40. The molecule has 1 atom stereocenters. The minimum atomic E-state index is -4.68. The third-order valence-corrected chi connectivity index (χ3v) is 2.59. The van der Waals surface area contributed by atoms with E-state index in [0.29, 0.717) is 12.3 Å². The number of alkyl halides is 3. The van der Waals surface area contributed by atoms with Gasteiger partial charge >= 0.3 is 18.2 Å². The number of nitrogens with one attached hydrogen (secondary N) is 3. The van der Waals surface area contributed by atoms with Crippen LogP contribution in [0.15, 0.2) is 17.1 Å². The Labute approximate surface area is 135 Å². The summed E-state index contributed by atoms with van der Waals surface area (Å²) >= 11 is 0. The maximum atomic E-state index is 12.6. The Kier molecular flexibility index (Phi) is 5.64. The Hall–Kier alpha value is -2.52. The third kappa shape index (κ3) is 5.94. The van der Waals surface area contributed by atoms with Crippen LogP contribution in [0.4, 0.5) is 23.7 Å². The zero-order valence-electron chi connectivity index (χ0n) is 13.5. The number of amides is 2. The number of carbonyl (C=O) groups excluding carboxylic acids is 2. The van der Waals surface area contributed by atoms with Gasteiger partial charge in [-0.1, -0.05) is 0 Å². The van der Waals surface area contributed by atoms with Crippen LogP contribution in [0.3, 0.4) is 0 Å². The molecule has 0 saturated heterocycles. The molecule has 1 rings (SSSR count). The average molecular weight is 349 g/mol. The Morgan fingerprint density at radius 2 is 1.83 bits per heavy atom. The number of halogens is 3. The quantitative estimate of drug-likeness (QED) is 0.729. The number of aromatic amines is 1. The highest BCUT2D eigenvalue weighted by molar-refractivity contribution is 5.92. The lowest BCUT2D eigenvalue weighted by atomic mass is 10.2. The van der Waals surface area contributed by atoms with Gasteiger partial charge in [0.15, 0.2) is 0 Å². The minimum Gasteiger partial charge on any atom is -0.458 e. The molecule has 0 aromatic carbocycles. The van der Waals surface area contributed by atoms with E-state index in [4.69, 9.17) is 4.74 Å². The van der Waals surface area contributed by atoms with Gasteiger partial charge in [-0.05, 0) is 33.8 Å². The van der Waals surface area contributed by atoms with E-state index in [-0.39, 0.29) is 0 Å². The van der Waals surface area contributed by atoms with Gasteiger partial charge in [0.1, 0.15) is 17.3 Å². The summed E-state index contributed by atoms with van der Waals surface area (Å²) in [5, 5.41) is 4.15. The molecule has 1 unspecified atom stereocenters. The van der Waals surface area contributed by atoms with Crippen LogP contribution in [0, 0.1) is 0 Å². The first-order valence-electron chi connectivity index (χ1n) is 6.90. The lowest BCUT2D eigenvalue weighted by Crippen LogP contribution is -2.44. The van der Waals surface area contributed by atoms with Crippen molar-refractivity contribution in [2.75, 3.05) is 5.32 Å². The first kappa shape index (κ1) is 19.5. The van der Waals surface area contributed by atoms with Gasteiger partial charge in [-0.2, -0.15) is 13.2 Å². The predicted octanol–water partition coefficient (Wildman–Crippen LogP) is 2.25. The van der Waals surface area contributed by atoms with Gasteiger partial charge in [0.2, 0.25) is 0 Å². The molecule has 0 radical (unpaired) electrons. The van der Waals surface area contributed by atoms with Crippen LogP contribution < -0.4 is 16.2 Å². The zero-order chi connectivity index (χ0) is 18.7. The number of urea groups is 1. The van der Waals surface area contributed by atoms with E-state index in [1.54, 1.807) is 20.8 Å². The Balaban J connectivity index is 2.78. The molecule has 0 saturated carbocycles. The van der Waals surface area contributed by atoms with Crippen molar-refractivity contribution in [2.45, 2.75) is 45.5 Å². The Morgan fingerprint density at radius 3 is 2.33 bits per heavy atom.